The van der Waals surface area contributed by atoms with E-state index in [0.717, 1.165) is 5.56 Å². The topological polar surface area (TPSA) is 75.6 Å². The number of aliphatic carboxylic acids is 1. The molecule has 0 aliphatic heterocycles. The van der Waals surface area contributed by atoms with Crippen molar-refractivity contribution in [3.05, 3.63) is 28.8 Å². The number of halogens is 1. The van der Waals surface area contributed by atoms with Crippen molar-refractivity contribution in [2.45, 2.75) is 45.8 Å². The average molecular weight is 314 g/mol. The average Bonchev–Trinajstić information content (AvgIpc) is 2.41. The number of carbonyl (C=O) groups is 2. The molecule has 0 heterocycles. The van der Waals surface area contributed by atoms with Gasteiger partial charge in [-0.2, -0.15) is 0 Å². The van der Waals surface area contributed by atoms with Crippen molar-refractivity contribution in [2.75, 3.05) is 0 Å². The zero-order chi connectivity index (χ0) is 16.0. The zero-order valence-corrected chi connectivity index (χ0v) is 13.1. The molecule has 2 atom stereocenters. The number of nitrogens with one attached hydrogen (secondary N) is 1. The fraction of sp³-hybridized carbons (Fsp3) is 0.467. The summed E-state index contributed by atoms with van der Waals surface area (Å²) in [5.74, 6) is -0.949. The Labute approximate surface area is 129 Å². The van der Waals surface area contributed by atoms with Crippen molar-refractivity contribution in [3.63, 3.8) is 0 Å². The molecule has 0 fully saturated rings. The van der Waals surface area contributed by atoms with Crippen LogP contribution in [0.15, 0.2) is 18.2 Å². The highest BCUT2D eigenvalue weighted by Gasteiger charge is 2.23. The Balaban J connectivity index is 2.67. The molecule has 1 amide bonds. The molecule has 0 aliphatic rings. The van der Waals surface area contributed by atoms with Crippen LogP contribution in [0.1, 0.15) is 32.3 Å². The second-order valence-electron chi connectivity index (χ2n) is 4.86. The van der Waals surface area contributed by atoms with Crippen LogP contribution in [0.25, 0.3) is 0 Å². The fourth-order valence-electron chi connectivity index (χ4n) is 1.82. The van der Waals surface area contributed by atoms with Gasteiger partial charge >= 0.3 is 5.97 Å². The van der Waals surface area contributed by atoms with Gasteiger partial charge in [-0.3, -0.25) is 4.79 Å². The zero-order valence-electron chi connectivity index (χ0n) is 12.4. The third-order valence-corrected chi connectivity index (χ3v) is 3.24. The summed E-state index contributed by atoms with van der Waals surface area (Å²) in [6.07, 6.45) is 0.264. The number of amides is 1. The number of carboxylic acids is 1. The summed E-state index contributed by atoms with van der Waals surface area (Å²) in [7, 11) is 0. The second kappa shape index (κ2) is 7.88. The van der Waals surface area contributed by atoms with Gasteiger partial charge in [-0.25, -0.2) is 4.79 Å². The summed E-state index contributed by atoms with van der Waals surface area (Å²) in [4.78, 5) is 23.0. The molecule has 1 rings (SSSR count). The standard InChI is InChI=1S/C15H20ClNO4/c1-4-5-12(15(19)20)17-14(18)10(3)21-13-7-6-11(16)8-9(13)2/h6-8,10,12H,4-5H2,1-3H3,(H,17,18)(H,19,20)/t10?,12-/m1/s1. The molecule has 1 aromatic rings. The van der Waals surface area contributed by atoms with Gasteiger partial charge in [-0.05, 0) is 44.0 Å². The first-order valence-corrected chi connectivity index (χ1v) is 7.19. The maximum atomic E-state index is 12.0. The number of aryl methyl sites for hydroxylation is 1. The van der Waals surface area contributed by atoms with Crippen molar-refractivity contribution in [1.82, 2.24) is 5.32 Å². The quantitative estimate of drug-likeness (QED) is 0.811. The molecule has 21 heavy (non-hydrogen) atoms. The molecule has 1 aromatic carbocycles. The molecule has 5 nitrogen and oxygen atoms in total. The lowest BCUT2D eigenvalue weighted by Crippen LogP contribution is -2.46. The van der Waals surface area contributed by atoms with Gasteiger partial charge in [0.2, 0.25) is 0 Å². The molecule has 6 heteroatoms. The summed E-state index contributed by atoms with van der Waals surface area (Å²) in [5.41, 5.74) is 0.811. The highest BCUT2D eigenvalue weighted by molar-refractivity contribution is 6.30. The number of hydrogen-bond donors (Lipinski definition) is 2. The maximum Gasteiger partial charge on any atom is 0.326 e. The third-order valence-electron chi connectivity index (χ3n) is 3.00. The van der Waals surface area contributed by atoms with Gasteiger partial charge in [0.05, 0.1) is 0 Å². The first-order chi connectivity index (χ1) is 9.85. The van der Waals surface area contributed by atoms with Gasteiger partial charge in [-0.15, -0.1) is 0 Å². The minimum atomic E-state index is -1.04. The number of carbonyl (C=O) groups excluding carboxylic acids is 1. The summed E-state index contributed by atoms with van der Waals surface area (Å²) in [5, 5.41) is 12.1. The van der Waals surface area contributed by atoms with E-state index in [2.05, 4.69) is 5.32 Å². The van der Waals surface area contributed by atoms with Crippen LogP contribution in [-0.4, -0.2) is 29.1 Å². The Morgan fingerprint density at radius 3 is 2.62 bits per heavy atom. The van der Waals surface area contributed by atoms with E-state index in [1.165, 1.54) is 0 Å². The van der Waals surface area contributed by atoms with E-state index < -0.39 is 24.0 Å². The molecule has 0 aliphatic carbocycles. The summed E-state index contributed by atoms with van der Waals surface area (Å²) >= 11 is 5.85. The Morgan fingerprint density at radius 1 is 1.43 bits per heavy atom. The number of carboxylic acid groups (broad SMARTS) is 1. The molecule has 0 spiro atoms. The van der Waals surface area contributed by atoms with E-state index in [9.17, 15) is 9.59 Å². The Hall–Kier alpha value is -1.75. The van der Waals surface area contributed by atoms with E-state index in [-0.39, 0.29) is 0 Å². The van der Waals surface area contributed by atoms with Crippen LogP contribution in [0.2, 0.25) is 5.02 Å². The van der Waals surface area contributed by atoms with E-state index >= 15 is 0 Å². The molecule has 0 saturated heterocycles. The molecule has 0 saturated carbocycles. The molecule has 1 unspecified atom stereocenters. The highest BCUT2D eigenvalue weighted by atomic mass is 35.5. The van der Waals surface area contributed by atoms with Crippen molar-refractivity contribution in [3.8, 4) is 5.75 Å². The maximum absolute atomic E-state index is 12.0. The third kappa shape index (κ3) is 5.27. The summed E-state index contributed by atoms with van der Waals surface area (Å²) < 4.78 is 5.56. The Bertz CT molecular complexity index is 518. The predicted molar refractivity (Wildman–Crippen MR) is 80.8 cm³/mol. The summed E-state index contributed by atoms with van der Waals surface area (Å²) in [6, 6.07) is 4.20. The van der Waals surface area contributed by atoms with Crippen molar-refractivity contribution >= 4 is 23.5 Å². The lowest BCUT2D eigenvalue weighted by atomic mass is 10.1. The van der Waals surface area contributed by atoms with Crippen LogP contribution in [-0.2, 0) is 9.59 Å². The van der Waals surface area contributed by atoms with E-state index in [4.69, 9.17) is 21.4 Å². The first-order valence-electron chi connectivity index (χ1n) is 6.81. The van der Waals surface area contributed by atoms with E-state index in [0.29, 0.717) is 23.6 Å². The number of hydrogen-bond acceptors (Lipinski definition) is 3. The molecular weight excluding hydrogens is 294 g/mol. The second-order valence-corrected chi connectivity index (χ2v) is 5.29. The normalized spacial score (nSPS) is 13.3. The Kier molecular flexibility index (Phi) is 6.49. The number of ether oxygens (including phenoxy) is 1. The molecule has 116 valence electrons. The van der Waals surface area contributed by atoms with Gasteiger partial charge in [0.25, 0.3) is 5.91 Å². The molecular formula is C15H20ClNO4. The Morgan fingerprint density at radius 2 is 2.10 bits per heavy atom. The highest BCUT2D eigenvalue weighted by Crippen LogP contribution is 2.22. The smallest absolute Gasteiger partial charge is 0.326 e. The minimum absolute atomic E-state index is 0.383. The van der Waals surface area contributed by atoms with Crippen molar-refractivity contribution in [1.29, 1.82) is 0 Å². The lowest BCUT2D eigenvalue weighted by Gasteiger charge is -2.19. The molecule has 0 bridgehead atoms. The molecule has 2 N–H and O–H groups in total. The van der Waals surface area contributed by atoms with Gasteiger partial charge in [0.15, 0.2) is 6.10 Å². The minimum Gasteiger partial charge on any atom is -0.481 e. The predicted octanol–water partition coefficient (Wildman–Crippen LogP) is 2.79. The lowest BCUT2D eigenvalue weighted by molar-refractivity contribution is -0.143. The SMILES string of the molecule is CCC[C@@H](NC(=O)C(C)Oc1ccc(Cl)cc1C)C(=O)O. The molecule has 0 aromatic heterocycles. The number of benzene rings is 1. The van der Waals surface area contributed by atoms with Gasteiger partial charge in [0.1, 0.15) is 11.8 Å². The van der Waals surface area contributed by atoms with Crippen LogP contribution in [0, 0.1) is 6.92 Å². The van der Waals surface area contributed by atoms with Crippen LogP contribution in [0.3, 0.4) is 0 Å². The van der Waals surface area contributed by atoms with Crippen molar-refractivity contribution in [2.24, 2.45) is 0 Å². The van der Waals surface area contributed by atoms with Gasteiger partial charge in [-0.1, -0.05) is 24.9 Å². The van der Waals surface area contributed by atoms with Gasteiger partial charge < -0.3 is 15.2 Å². The fourth-order valence-corrected chi connectivity index (χ4v) is 2.05. The first kappa shape index (κ1) is 17.3. The van der Waals surface area contributed by atoms with Gasteiger partial charge in [0, 0.05) is 5.02 Å². The van der Waals surface area contributed by atoms with Crippen LogP contribution < -0.4 is 10.1 Å². The molecule has 0 radical (unpaired) electrons. The summed E-state index contributed by atoms with van der Waals surface area (Å²) in [6.45, 7) is 5.26. The largest absolute Gasteiger partial charge is 0.481 e. The van der Waals surface area contributed by atoms with E-state index in [1.54, 1.807) is 25.1 Å². The van der Waals surface area contributed by atoms with E-state index in [1.807, 2.05) is 13.8 Å². The monoisotopic (exact) mass is 313 g/mol. The van der Waals surface area contributed by atoms with Crippen LogP contribution >= 0.6 is 11.6 Å². The van der Waals surface area contributed by atoms with Crippen molar-refractivity contribution < 1.29 is 19.4 Å². The van der Waals surface area contributed by atoms with Crippen LogP contribution in [0.5, 0.6) is 5.75 Å². The number of rotatable bonds is 7. The van der Waals surface area contributed by atoms with Crippen LogP contribution in [0.4, 0.5) is 0 Å².